The van der Waals surface area contributed by atoms with Gasteiger partial charge in [0.05, 0.1) is 8.07 Å². The molecule has 0 amide bonds. The van der Waals surface area contributed by atoms with Crippen LogP contribution in [0.4, 0.5) is 0 Å². The minimum atomic E-state index is -1.06. The van der Waals surface area contributed by atoms with Crippen molar-refractivity contribution in [1.82, 2.24) is 4.90 Å². The average Bonchev–Trinajstić information content (AvgIpc) is 2.23. The van der Waals surface area contributed by atoms with Gasteiger partial charge in [0.15, 0.2) is 0 Å². The Balaban J connectivity index is 2.40. The molecule has 1 rings (SSSR count). The molecule has 1 heterocycles. The fourth-order valence-electron chi connectivity index (χ4n) is 3.23. The normalized spacial score (nSPS) is 17.6. The van der Waals surface area contributed by atoms with Crippen LogP contribution in [0.1, 0.15) is 46.5 Å². The molecule has 0 unspecified atom stereocenters. The van der Waals surface area contributed by atoms with Crippen LogP contribution in [0.15, 0.2) is 11.8 Å². The monoisotopic (exact) mass is 253 g/mol. The Labute approximate surface area is 109 Å². The zero-order chi connectivity index (χ0) is 12.6. The highest BCUT2D eigenvalue weighted by Gasteiger charge is 2.27. The van der Waals surface area contributed by atoms with E-state index in [1.54, 1.807) is 0 Å². The van der Waals surface area contributed by atoms with Gasteiger partial charge in [0.1, 0.15) is 0 Å². The van der Waals surface area contributed by atoms with Crippen LogP contribution in [-0.2, 0) is 0 Å². The number of allylic oxidation sites excluding steroid dienone is 1. The Morgan fingerprint density at radius 2 is 1.71 bits per heavy atom. The Bertz CT molecular complexity index is 215. The van der Waals surface area contributed by atoms with Crippen molar-refractivity contribution in [3.8, 4) is 0 Å². The van der Waals surface area contributed by atoms with Crippen molar-refractivity contribution in [1.29, 1.82) is 0 Å². The van der Waals surface area contributed by atoms with Gasteiger partial charge in [0.2, 0.25) is 0 Å². The predicted molar refractivity (Wildman–Crippen MR) is 81.2 cm³/mol. The van der Waals surface area contributed by atoms with E-state index in [-0.39, 0.29) is 0 Å². The summed E-state index contributed by atoms with van der Waals surface area (Å²) in [7, 11) is -1.06. The summed E-state index contributed by atoms with van der Waals surface area (Å²) >= 11 is 0. The van der Waals surface area contributed by atoms with E-state index < -0.39 is 8.07 Å². The maximum absolute atomic E-state index is 2.64. The highest BCUT2D eigenvalue weighted by molar-refractivity contribution is 6.84. The Morgan fingerprint density at radius 3 is 2.12 bits per heavy atom. The zero-order valence-electron chi connectivity index (χ0n) is 12.2. The van der Waals surface area contributed by atoms with Crippen molar-refractivity contribution in [2.24, 2.45) is 0 Å². The van der Waals surface area contributed by atoms with Crippen molar-refractivity contribution in [3.63, 3.8) is 0 Å². The van der Waals surface area contributed by atoms with Crippen LogP contribution in [0.3, 0.4) is 0 Å². The first-order chi connectivity index (χ1) is 8.26. The third kappa shape index (κ3) is 4.97. The van der Waals surface area contributed by atoms with E-state index in [0.717, 1.165) is 0 Å². The van der Waals surface area contributed by atoms with Crippen LogP contribution >= 0.6 is 0 Å². The zero-order valence-corrected chi connectivity index (χ0v) is 13.2. The molecule has 0 aromatic heterocycles. The first-order valence-electron chi connectivity index (χ1n) is 7.62. The summed E-state index contributed by atoms with van der Waals surface area (Å²) < 4.78 is 0. The molecule has 0 aromatic rings. The topological polar surface area (TPSA) is 3.24 Å². The third-order valence-corrected chi connectivity index (χ3v) is 9.50. The number of hydrogen-bond donors (Lipinski definition) is 0. The summed E-state index contributed by atoms with van der Waals surface area (Å²) in [5, 5.41) is 0. The van der Waals surface area contributed by atoms with Crippen molar-refractivity contribution in [3.05, 3.63) is 11.8 Å². The Morgan fingerprint density at radius 1 is 1.06 bits per heavy atom. The second kappa shape index (κ2) is 8.10. The molecule has 100 valence electrons. The van der Waals surface area contributed by atoms with Gasteiger partial charge in [-0.05, 0) is 39.4 Å². The Hall–Kier alpha value is -0.0831. The molecule has 0 N–H and O–H groups in total. The molecule has 1 fully saturated rings. The number of rotatable bonds is 9. The molecule has 2 heteroatoms. The van der Waals surface area contributed by atoms with Gasteiger partial charge in [-0.3, -0.25) is 0 Å². The summed E-state index contributed by atoms with van der Waals surface area (Å²) in [6.07, 6.45) is 7.96. The third-order valence-electron chi connectivity index (χ3n) is 4.11. The lowest BCUT2D eigenvalue weighted by molar-refractivity contribution is 0.182. The molecule has 1 nitrogen and oxygen atoms in total. The second-order valence-electron chi connectivity index (χ2n) is 5.66. The molecule has 0 saturated carbocycles. The maximum Gasteiger partial charge on any atom is 0.0774 e. The molecule has 1 aliphatic heterocycles. The summed E-state index contributed by atoms with van der Waals surface area (Å²) in [5.41, 5.74) is 2.64. The van der Waals surface area contributed by atoms with Gasteiger partial charge in [-0.2, -0.15) is 0 Å². The van der Waals surface area contributed by atoms with E-state index in [2.05, 4.69) is 37.4 Å². The molecule has 17 heavy (non-hydrogen) atoms. The smallest absolute Gasteiger partial charge is 0.0774 e. The van der Waals surface area contributed by atoms with Gasteiger partial charge in [0.25, 0.3) is 0 Å². The molecule has 1 aliphatic rings. The lowest BCUT2D eigenvalue weighted by atomic mass is 10.2. The molecule has 0 aliphatic carbocycles. The summed E-state index contributed by atoms with van der Waals surface area (Å²) in [6, 6.07) is 4.53. The standard InChI is InChI=1S/C15H31NSi/c1-4-12-17(13-5-2,14-6-3)15-8-11-16-9-7-10-16/h4,12H,5-11,13-15H2,1-3H3. The van der Waals surface area contributed by atoms with Gasteiger partial charge in [-0.15, -0.1) is 0 Å². The van der Waals surface area contributed by atoms with Crippen molar-refractivity contribution in [2.75, 3.05) is 19.6 Å². The first kappa shape index (κ1) is 15.0. The fourth-order valence-corrected chi connectivity index (χ4v) is 8.05. The highest BCUT2D eigenvalue weighted by Crippen LogP contribution is 2.28. The van der Waals surface area contributed by atoms with Gasteiger partial charge in [0, 0.05) is 0 Å². The minimum absolute atomic E-state index is 1.06. The quantitative estimate of drug-likeness (QED) is 0.548. The van der Waals surface area contributed by atoms with Crippen LogP contribution in [0.2, 0.25) is 18.1 Å². The highest BCUT2D eigenvalue weighted by atomic mass is 28.3. The van der Waals surface area contributed by atoms with Crippen LogP contribution < -0.4 is 0 Å². The lowest BCUT2D eigenvalue weighted by Gasteiger charge is -2.33. The molecular weight excluding hydrogens is 222 g/mol. The predicted octanol–water partition coefficient (Wildman–Crippen LogP) is 4.47. The summed E-state index contributed by atoms with van der Waals surface area (Å²) in [4.78, 5) is 2.62. The number of hydrogen-bond acceptors (Lipinski definition) is 1. The second-order valence-corrected chi connectivity index (χ2v) is 10.2. The maximum atomic E-state index is 2.64. The molecule has 0 radical (unpaired) electrons. The molecule has 0 spiro atoms. The van der Waals surface area contributed by atoms with Crippen LogP contribution in [-0.4, -0.2) is 32.6 Å². The van der Waals surface area contributed by atoms with E-state index in [1.165, 1.54) is 63.4 Å². The molecule has 0 aromatic carbocycles. The van der Waals surface area contributed by atoms with E-state index in [1.807, 2.05) is 0 Å². The van der Waals surface area contributed by atoms with E-state index in [4.69, 9.17) is 0 Å². The lowest BCUT2D eigenvalue weighted by Crippen LogP contribution is -2.39. The summed E-state index contributed by atoms with van der Waals surface area (Å²) in [5.74, 6) is 0. The van der Waals surface area contributed by atoms with Gasteiger partial charge in [-0.1, -0.05) is 56.6 Å². The first-order valence-corrected chi connectivity index (χ1v) is 10.3. The van der Waals surface area contributed by atoms with Crippen molar-refractivity contribution in [2.45, 2.75) is 64.6 Å². The minimum Gasteiger partial charge on any atom is -0.303 e. The van der Waals surface area contributed by atoms with Crippen molar-refractivity contribution >= 4 is 8.07 Å². The average molecular weight is 254 g/mol. The van der Waals surface area contributed by atoms with E-state index >= 15 is 0 Å². The van der Waals surface area contributed by atoms with Gasteiger partial charge in [-0.25, -0.2) is 0 Å². The van der Waals surface area contributed by atoms with E-state index in [9.17, 15) is 0 Å². The SMILES string of the molecule is CC=C[Si](CCC)(CCC)CCCN1CCC1. The fraction of sp³-hybridized carbons (Fsp3) is 0.867. The molecule has 0 atom stereocenters. The number of likely N-dealkylation sites (tertiary alicyclic amines) is 1. The summed E-state index contributed by atoms with van der Waals surface area (Å²) in [6.45, 7) is 11.0. The van der Waals surface area contributed by atoms with Crippen LogP contribution in [0.25, 0.3) is 0 Å². The van der Waals surface area contributed by atoms with Gasteiger partial charge < -0.3 is 4.90 Å². The van der Waals surface area contributed by atoms with Gasteiger partial charge >= 0.3 is 0 Å². The largest absolute Gasteiger partial charge is 0.303 e. The molecule has 1 saturated heterocycles. The van der Waals surface area contributed by atoms with Crippen LogP contribution in [0, 0.1) is 0 Å². The van der Waals surface area contributed by atoms with E-state index in [0.29, 0.717) is 0 Å². The molecular formula is C15H31NSi. The molecule has 0 bridgehead atoms. The number of nitrogens with zero attached hydrogens (tertiary/aromatic N) is 1. The Kier molecular flexibility index (Phi) is 7.13. The van der Waals surface area contributed by atoms with Crippen molar-refractivity contribution < 1.29 is 0 Å². The van der Waals surface area contributed by atoms with Crippen LogP contribution in [0.5, 0.6) is 0 Å².